The van der Waals surface area contributed by atoms with Crippen LogP contribution in [-0.2, 0) is 0 Å². The lowest BCUT2D eigenvalue weighted by Crippen LogP contribution is -2.31. The molecule has 0 saturated carbocycles. The van der Waals surface area contributed by atoms with Crippen LogP contribution < -0.4 is 10.1 Å². The van der Waals surface area contributed by atoms with Crippen molar-refractivity contribution >= 4 is 22.6 Å². The van der Waals surface area contributed by atoms with Crippen LogP contribution in [0, 0.1) is 0 Å². The van der Waals surface area contributed by atoms with Crippen LogP contribution in [0.1, 0.15) is 29.2 Å². The highest BCUT2D eigenvalue weighted by Gasteiger charge is 2.20. The van der Waals surface area contributed by atoms with Crippen molar-refractivity contribution in [1.29, 1.82) is 0 Å². The Balaban J connectivity index is 1.28. The minimum absolute atomic E-state index is 0.238. The molecule has 0 bridgehead atoms. The number of anilines is 1. The van der Waals surface area contributed by atoms with E-state index in [-0.39, 0.29) is 5.91 Å². The van der Waals surface area contributed by atoms with Gasteiger partial charge >= 0.3 is 0 Å². The van der Waals surface area contributed by atoms with Crippen molar-refractivity contribution in [1.82, 2.24) is 29.6 Å². The van der Waals surface area contributed by atoms with Gasteiger partial charge in [-0.1, -0.05) is 12.1 Å². The molecule has 192 valence electrons. The molecule has 1 fully saturated rings. The minimum Gasteiger partial charge on any atom is -0.480 e. The van der Waals surface area contributed by atoms with Gasteiger partial charge in [0, 0.05) is 52.4 Å². The van der Waals surface area contributed by atoms with Crippen molar-refractivity contribution in [2.45, 2.75) is 18.9 Å². The second-order valence-corrected chi connectivity index (χ2v) is 9.66. The molecule has 9 nitrogen and oxygen atoms in total. The standard InChI is InChI=1S/C29H29N7O2/c1-35-11-8-23(9-12-35)36-18-22(16-33-36)21-14-24-25(17-32-27(24)31-15-21)19-5-3-6-20(13-19)28(37)34-26-7-4-10-30-29(26)38-2/h3-7,10,13-18,23H,8-9,11-12H2,1-2H3,(H,31,32)(H,34,37). The number of carbonyl (C=O) groups excluding carboxylic acids is 1. The highest BCUT2D eigenvalue weighted by molar-refractivity contribution is 6.06. The summed E-state index contributed by atoms with van der Waals surface area (Å²) in [7, 11) is 3.69. The fourth-order valence-electron chi connectivity index (χ4n) is 5.02. The summed E-state index contributed by atoms with van der Waals surface area (Å²) in [5.41, 5.74) is 5.80. The molecule has 0 radical (unpaired) electrons. The zero-order chi connectivity index (χ0) is 26.1. The predicted molar refractivity (Wildman–Crippen MR) is 147 cm³/mol. The summed E-state index contributed by atoms with van der Waals surface area (Å²) in [6, 6.07) is 13.6. The number of piperidine rings is 1. The minimum atomic E-state index is -0.238. The van der Waals surface area contributed by atoms with Crippen LogP contribution in [-0.4, -0.2) is 62.8 Å². The van der Waals surface area contributed by atoms with E-state index in [9.17, 15) is 4.79 Å². The predicted octanol–water partition coefficient (Wildman–Crippen LogP) is 5.02. The van der Waals surface area contributed by atoms with Gasteiger partial charge in [0.15, 0.2) is 0 Å². The van der Waals surface area contributed by atoms with Gasteiger partial charge in [0.05, 0.1) is 19.3 Å². The van der Waals surface area contributed by atoms with E-state index in [1.54, 1.807) is 24.4 Å². The van der Waals surface area contributed by atoms with Gasteiger partial charge in [-0.15, -0.1) is 0 Å². The number of ether oxygens (including phenoxy) is 1. The van der Waals surface area contributed by atoms with Crippen LogP contribution >= 0.6 is 0 Å². The van der Waals surface area contributed by atoms with Crippen molar-refractivity contribution < 1.29 is 9.53 Å². The fraction of sp³-hybridized carbons (Fsp3) is 0.241. The number of methoxy groups -OCH3 is 1. The lowest BCUT2D eigenvalue weighted by atomic mass is 10.0. The number of fused-ring (bicyclic) bond motifs is 1. The summed E-state index contributed by atoms with van der Waals surface area (Å²) in [5.74, 6) is 0.129. The highest BCUT2D eigenvalue weighted by Crippen LogP contribution is 2.32. The van der Waals surface area contributed by atoms with E-state index in [1.165, 1.54) is 7.11 Å². The number of benzene rings is 1. The summed E-state index contributed by atoms with van der Waals surface area (Å²) < 4.78 is 7.36. The first-order valence-electron chi connectivity index (χ1n) is 12.7. The molecule has 1 aromatic carbocycles. The van der Waals surface area contributed by atoms with E-state index >= 15 is 0 Å². The number of hydrogen-bond acceptors (Lipinski definition) is 6. The smallest absolute Gasteiger partial charge is 0.255 e. The van der Waals surface area contributed by atoms with Crippen LogP contribution in [0.5, 0.6) is 5.88 Å². The summed E-state index contributed by atoms with van der Waals surface area (Å²) in [6.07, 6.45) is 11.7. The van der Waals surface area contributed by atoms with Gasteiger partial charge in [0.1, 0.15) is 11.3 Å². The largest absolute Gasteiger partial charge is 0.480 e. The number of H-pyrrole nitrogens is 1. The van der Waals surface area contributed by atoms with Crippen LogP contribution in [0.3, 0.4) is 0 Å². The fourth-order valence-corrected chi connectivity index (χ4v) is 5.02. The molecule has 0 atom stereocenters. The van der Waals surface area contributed by atoms with Gasteiger partial charge in [-0.2, -0.15) is 5.10 Å². The summed E-state index contributed by atoms with van der Waals surface area (Å²) in [5, 5.41) is 8.55. The maximum Gasteiger partial charge on any atom is 0.255 e. The third-order valence-electron chi connectivity index (χ3n) is 7.18. The van der Waals surface area contributed by atoms with Gasteiger partial charge in [-0.3, -0.25) is 9.48 Å². The highest BCUT2D eigenvalue weighted by atomic mass is 16.5. The molecule has 5 aromatic rings. The average molecular weight is 508 g/mol. The van der Waals surface area contributed by atoms with E-state index in [4.69, 9.17) is 4.74 Å². The van der Waals surface area contributed by atoms with Crippen LogP contribution in [0.2, 0.25) is 0 Å². The first-order chi connectivity index (χ1) is 18.6. The van der Waals surface area contributed by atoms with Gasteiger partial charge in [-0.25, -0.2) is 9.97 Å². The molecule has 38 heavy (non-hydrogen) atoms. The Labute approximate surface area is 220 Å². The number of nitrogens with one attached hydrogen (secondary N) is 2. The lowest BCUT2D eigenvalue weighted by Gasteiger charge is -2.28. The quantitative estimate of drug-likeness (QED) is 0.335. The molecule has 0 spiro atoms. The first-order valence-corrected chi connectivity index (χ1v) is 12.7. The average Bonchev–Trinajstić information content (AvgIpc) is 3.61. The van der Waals surface area contributed by atoms with E-state index in [1.807, 2.05) is 36.8 Å². The van der Waals surface area contributed by atoms with Crippen LogP contribution in [0.4, 0.5) is 5.69 Å². The Morgan fingerprint density at radius 2 is 1.92 bits per heavy atom. The number of amides is 1. The lowest BCUT2D eigenvalue weighted by molar-refractivity contribution is 0.102. The molecular weight excluding hydrogens is 478 g/mol. The number of hydrogen-bond donors (Lipinski definition) is 2. The zero-order valence-corrected chi connectivity index (χ0v) is 21.4. The number of nitrogens with zero attached hydrogens (tertiary/aromatic N) is 5. The molecule has 1 amide bonds. The third kappa shape index (κ3) is 4.64. The van der Waals surface area contributed by atoms with Crippen LogP contribution in [0.25, 0.3) is 33.3 Å². The van der Waals surface area contributed by atoms with E-state index in [2.05, 4.69) is 54.3 Å². The number of carbonyl (C=O) groups is 1. The summed E-state index contributed by atoms with van der Waals surface area (Å²) in [6.45, 7) is 2.18. The molecule has 9 heteroatoms. The number of aromatic nitrogens is 5. The molecule has 1 aliphatic rings. The van der Waals surface area contributed by atoms with Crippen molar-refractivity contribution in [3.05, 3.63) is 79.0 Å². The topological polar surface area (TPSA) is 101 Å². The molecule has 0 unspecified atom stereocenters. The van der Waals surface area contributed by atoms with Crippen molar-refractivity contribution in [3.63, 3.8) is 0 Å². The second-order valence-electron chi connectivity index (χ2n) is 9.66. The molecule has 1 aliphatic heterocycles. The third-order valence-corrected chi connectivity index (χ3v) is 7.18. The van der Waals surface area contributed by atoms with Crippen molar-refractivity contribution in [3.8, 4) is 28.1 Å². The molecule has 2 N–H and O–H groups in total. The van der Waals surface area contributed by atoms with Gasteiger partial charge < -0.3 is 19.9 Å². The Kier molecular flexibility index (Phi) is 6.35. The Morgan fingerprint density at radius 3 is 2.76 bits per heavy atom. The maximum atomic E-state index is 13.0. The normalized spacial score (nSPS) is 14.6. The molecule has 0 aliphatic carbocycles. The molecule has 1 saturated heterocycles. The SMILES string of the molecule is COc1ncccc1NC(=O)c1cccc(-c2c[nH]c3ncc(-c4cnn(C5CCN(C)CC5)c4)cc23)c1. The number of rotatable bonds is 6. The van der Waals surface area contributed by atoms with Gasteiger partial charge in [-0.05, 0) is 68.9 Å². The van der Waals surface area contributed by atoms with Gasteiger partial charge in [0.25, 0.3) is 5.91 Å². The molecular formula is C29H29N7O2. The molecule has 4 aromatic heterocycles. The Bertz CT molecular complexity index is 1600. The summed E-state index contributed by atoms with van der Waals surface area (Å²) in [4.78, 5) is 27.5. The van der Waals surface area contributed by atoms with Crippen LogP contribution in [0.15, 0.2) is 73.4 Å². The van der Waals surface area contributed by atoms with E-state index in [0.29, 0.717) is 23.2 Å². The Hall–Kier alpha value is -4.50. The second kappa shape index (κ2) is 10.1. The van der Waals surface area contributed by atoms with Gasteiger partial charge in [0.2, 0.25) is 5.88 Å². The first kappa shape index (κ1) is 23.9. The maximum absolute atomic E-state index is 13.0. The summed E-state index contributed by atoms with van der Waals surface area (Å²) >= 11 is 0. The van der Waals surface area contributed by atoms with E-state index in [0.717, 1.165) is 59.2 Å². The number of aromatic amines is 1. The molecule has 5 heterocycles. The zero-order valence-electron chi connectivity index (χ0n) is 21.4. The monoisotopic (exact) mass is 507 g/mol. The Morgan fingerprint density at radius 1 is 1.05 bits per heavy atom. The number of pyridine rings is 2. The van der Waals surface area contributed by atoms with Crippen molar-refractivity contribution in [2.24, 2.45) is 0 Å². The van der Waals surface area contributed by atoms with E-state index < -0.39 is 0 Å². The number of likely N-dealkylation sites (tertiary alicyclic amines) is 1. The van der Waals surface area contributed by atoms with Crippen molar-refractivity contribution in [2.75, 3.05) is 32.6 Å². The molecule has 6 rings (SSSR count).